The van der Waals surface area contributed by atoms with Crippen LogP contribution in [-0.2, 0) is 19.5 Å². The summed E-state index contributed by atoms with van der Waals surface area (Å²) >= 11 is 1.76. The molecule has 0 atom stereocenters. The lowest BCUT2D eigenvalue weighted by Gasteiger charge is -2.26. The van der Waals surface area contributed by atoms with Gasteiger partial charge in [-0.05, 0) is 47.4 Å². The van der Waals surface area contributed by atoms with E-state index in [-0.39, 0.29) is 0 Å². The zero-order chi connectivity index (χ0) is 21.0. The van der Waals surface area contributed by atoms with Crippen LogP contribution in [0.4, 0.5) is 5.82 Å². The zero-order valence-electron chi connectivity index (χ0n) is 17.3. The average Bonchev–Trinajstić information content (AvgIpc) is 3.19. The topological polar surface area (TPSA) is 62.6 Å². The van der Waals surface area contributed by atoms with E-state index < -0.39 is 0 Å². The molecule has 6 nitrogen and oxygen atoms in total. The predicted octanol–water partition coefficient (Wildman–Crippen LogP) is 4.70. The van der Waals surface area contributed by atoms with Crippen molar-refractivity contribution in [2.75, 3.05) is 19.1 Å². The third-order valence-corrected chi connectivity index (χ3v) is 6.59. The first-order valence-corrected chi connectivity index (χ1v) is 11.1. The Kier molecular flexibility index (Phi) is 5.60. The summed E-state index contributed by atoms with van der Waals surface area (Å²) in [6.07, 6.45) is 4.39. The Bertz CT molecular complexity index is 1200. The molecule has 1 aliphatic rings. The van der Waals surface area contributed by atoms with E-state index in [2.05, 4.69) is 55.7 Å². The van der Waals surface area contributed by atoms with E-state index in [1.54, 1.807) is 31.0 Å². The lowest BCUT2D eigenvalue weighted by Crippen LogP contribution is -2.29. The first kappa shape index (κ1) is 19.7. The smallest absolute Gasteiger partial charge is 0.158 e. The molecule has 156 valence electrons. The van der Waals surface area contributed by atoms with Crippen molar-refractivity contribution < 1.29 is 4.74 Å². The van der Waals surface area contributed by atoms with Crippen LogP contribution in [0.1, 0.15) is 21.6 Å². The number of hydrazone groups is 1. The van der Waals surface area contributed by atoms with Crippen LogP contribution >= 0.6 is 11.3 Å². The number of hydrogen-bond acceptors (Lipinski definition) is 7. The number of thiophene rings is 1. The van der Waals surface area contributed by atoms with E-state index in [1.807, 2.05) is 24.3 Å². The van der Waals surface area contributed by atoms with Crippen LogP contribution in [0.3, 0.4) is 0 Å². The summed E-state index contributed by atoms with van der Waals surface area (Å²) < 4.78 is 5.20. The highest BCUT2D eigenvalue weighted by molar-refractivity contribution is 7.19. The van der Waals surface area contributed by atoms with Crippen molar-refractivity contribution in [2.45, 2.75) is 19.5 Å². The van der Waals surface area contributed by atoms with E-state index in [1.165, 1.54) is 16.0 Å². The van der Waals surface area contributed by atoms with Gasteiger partial charge < -0.3 is 4.74 Å². The number of hydrogen-bond donors (Lipinski definition) is 1. The Morgan fingerprint density at radius 2 is 1.97 bits per heavy atom. The van der Waals surface area contributed by atoms with Crippen LogP contribution in [-0.4, -0.2) is 34.7 Å². The maximum Gasteiger partial charge on any atom is 0.158 e. The van der Waals surface area contributed by atoms with Gasteiger partial charge in [0.05, 0.1) is 18.7 Å². The van der Waals surface area contributed by atoms with E-state index in [0.29, 0.717) is 0 Å². The fourth-order valence-electron chi connectivity index (χ4n) is 3.90. The lowest BCUT2D eigenvalue weighted by molar-refractivity contribution is 0.249. The highest BCUT2D eigenvalue weighted by Gasteiger charge is 2.23. The van der Waals surface area contributed by atoms with Gasteiger partial charge >= 0.3 is 0 Å². The number of rotatable bonds is 6. The highest BCUT2D eigenvalue weighted by Crippen LogP contribution is 2.37. The Balaban J connectivity index is 1.34. The van der Waals surface area contributed by atoms with E-state index in [0.717, 1.165) is 53.4 Å². The van der Waals surface area contributed by atoms with Crippen molar-refractivity contribution in [3.8, 4) is 5.75 Å². The molecule has 1 aliphatic heterocycles. The molecule has 2 aromatic carbocycles. The van der Waals surface area contributed by atoms with Crippen LogP contribution < -0.4 is 10.2 Å². The Hall–Kier alpha value is -3.29. The molecule has 0 amide bonds. The fourth-order valence-corrected chi connectivity index (χ4v) is 5.13. The third-order valence-electron chi connectivity index (χ3n) is 5.46. The fraction of sp³-hybridized carbons (Fsp3) is 0.208. The number of methoxy groups -OCH3 is 1. The van der Waals surface area contributed by atoms with Gasteiger partial charge in [0.25, 0.3) is 0 Å². The molecule has 4 aromatic rings. The second-order valence-corrected chi connectivity index (χ2v) is 8.58. The van der Waals surface area contributed by atoms with Crippen LogP contribution in [0.2, 0.25) is 0 Å². The molecule has 0 radical (unpaired) electrons. The molecule has 0 saturated carbocycles. The predicted molar refractivity (Wildman–Crippen MR) is 126 cm³/mol. The SMILES string of the molecule is COc1ccc(/C=N/Nc2ncnc3sc4c(c23)CCN(Cc2ccccc2)C4)cc1. The van der Waals surface area contributed by atoms with Crippen LogP contribution in [0, 0.1) is 0 Å². The maximum absolute atomic E-state index is 5.20. The average molecular weight is 430 g/mol. The minimum Gasteiger partial charge on any atom is -0.497 e. The molecule has 0 unspecified atom stereocenters. The number of aromatic nitrogens is 2. The van der Waals surface area contributed by atoms with Gasteiger partial charge in [-0.1, -0.05) is 30.3 Å². The third kappa shape index (κ3) is 4.28. The van der Waals surface area contributed by atoms with Crippen LogP contribution in [0.5, 0.6) is 5.75 Å². The molecule has 5 rings (SSSR count). The van der Waals surface area contributed by atoms with Crippen LogP contribution in [0.15, 0.2) is 66.0 Å². The second kappa shape index (κ2) is 8.83. The number of fused-ring (bicyclic) bond motifs is 3. The molecule has 31 heavy (non-hydrogen) atoms. The molecule has 1 N–H and O–H groups in total. The van der Waals surface area contributed by atoms with Gasteiger partial charge in [-0.2, -0.15) is 5.10 Å². The number of anilines is 1. The summed E-state index contributed by atoms with van der Waals surface area (Å²) in [5.41, 5.74) is 6.82. The summed E-state index contributed by atoms with van der Waals surface area (Å²) in [6, 6.07) is 18.4. The Morgan fingerprint density at radius 3 is 2.77 bits per heavy atom. The second-order valence-electron chi connectivity index (χ2n) is 7.50. The lowest BCUT2D eigenvalue weighted by atomic mass is 10.0. The van der Waals surface area contributed by atoms with Gasteiger partial charge in [0.1, 0.15) is 16.9 Å². The van der Waals surface area contributed by atoms with E-state index >= 15 is 0 Å². The van der Waals surface area contributed by atoms with E-state index in [4.69, 9.17) is 4.74 Å². The van der Waals surface area contributed by atoms with Crippen molar-refractivity contribution in [1.29, 1.82) is 0 Å². The molecule has 0 bridgehead atoms. The van der Waals surface area contributed by atoms with Gasteiger partial charge in [-0.15, -0.1) is 11.3 Å². The molecule has 2 aromatic heterocycles. The minimum absolute atomic E-state index is 0.767. The largest absolute Gasteiger partial charge is 0.497 e. The molecule has 0 spiro atoms. The first-order chi connectivity index (χ1) is 15.3. The minimum atomic E-state index is 0.767. The highest BCUT2D eigenvalue weighted by atomic mass is 32.1. The van der Waals surface area contributed by atoms with Crippen LogP contribution in [0.25, 0.3) is 10.2 Å². The monoisotopic (exact) mass is 429 g/mol. The number of nitrogens with zero attached hydrogens (tertiary/aromatic N) is 4. The molecule has 7 heteroatoms. The summed E-state index contributed by atoms with van der Waals surface area (Å²) in [7, 11) is 1.66. The molecule has 0 fully saturated rings. The van der Waals surface area contributed by atoms with E-state index in [9.17, 15) is 0 Å². The van der Waals surface area contributed by atoms with Crippen molar-refractivity contribution >= 4 is 33.6 Å². The molecular weight excluding hydrogens is 406 g/mol. The van der Waals surface area contributed by atoms with Gasteiger partial charge in [0.2, 0.25) is 0 Å². The van der Waals surface area contributed by atoms with Gasteiger partial charge in [0.15, 0.2) is 5.82 Å². The number of benzene rings is 2. The molecule has 3 heterocycles. The number of nitrogens with one attached hydrogen (secondary N) is 1. The summed E-state index contributed by atoms with van der Waals surface area (Å²) in [4.78, 5) is 13.9. The molecular formula is C24H23N5OS. The van der Waals surface area contributed by atoms with Crippen molar-refractivity contribution in [3.05, 3.63) is 82.5 Å². The van der Waals surface area contributed by atoms with Gasteiger partial charge in [0, 0.05) is 24.5 Å². The summed E-state index contributed by atoms with van der Waals surface area (Å²) in [5.74, 6) is 1.59. The zero-order valence-corrected chi connectivity index (χ0v) is 18.1. The van der Waals surface area contributed by atoms with Crippen molar-refractivity contribution in [2.24, 2.45) is 5.10 Å². The Labute approximate surface area is 185 Å². The normalized spacial score (nSPS) is 14.1. The molecule has 0 aliphatic carbocycles. The van der Waals surface area contributed by atoms with Crippen molar-refractivity contribution in [1.82, 2.24) is 14.9 Å². The quantitative estimate of drug-likeness (QED) is 0.355. The maximum atomic E-state index is 5.20. The molecule has 0 saturated heterocycles. The number of ether oxygens (including phenoxy) is 1. The standard InChI is InChI=1S/C24H23N5OS/c1-30-19-9-7-17(8-10-19)13-27-28-23-22-20-11-12-29(14-18-5-3-2-4-6-18)15-21(20)31-24(22)26-16-25-23/h2-10,13,16H,11-12,14-15H2,1H3,(H,25,26,28)/b27-13+. The summed E-state index contributed by atoms with van der Waals surface area (Å²) in [6.45, 7) is 2.94. The van der Waals surface area contributed by atoms with Crippen molar-refractivity contribution in [3.63, 3.8) is 0 Å². The Morgan fingerprint density at radius 1 is 1.13 bits per heavy atom. The van der Waals surface area contributed by atoms with Gasteiger partial charge in [-0.3, -0.25) is 10.3 Å². The van der Waals surface area contributed by atoms with Gasteiger partial charge in [-0.25, -0.2) is 9.97 Å². The first-order valence-electron chi connectivity index (χ1n) is 10.2. The summed E-state index contributed by atoms with van der Waals surface area (Å²) in [5, 5.41) is 5.51.